The highest BCUT2D eigenvalue weighted by Crippen LogP contribution is 2.29. The minimum Gasteiger partial charge on any atom is -0.341 e. The molecule has 0 unspecified atom stereocenters. The fourth-order valence-electron chi connectivity index (χ4n) is 2.54. The van der Waals surface area contributed by atoms with Crippen molar-refractivity contribution in [3.05, 3.63) is 0 Å². The van der Waals surface area contributed by atoms with Gasteiger partial charge in [0.2, 0.25) is 17.7 Å². The number of nitrogens with zero attached hydrogens (tertiary/aromatic N) is 1. The number of amides is 3. The normalized spacial score (nSPS) is 33.6. The van der Waals surface area contributed by atoms with Gasteiger partial charge >= 0.3 is 0 Å². The zero-order valence-corrected chi connectivity index (χ0v) is 8.73. The Morgan fingerprint density at radius 1 is 1.12 bits per heavy atom. The molecule has 0 aromatic heterocycles. The second kappa shape index (κ2) is 3.28. The zero-order valence-electron chi connectivity index (χ0n) is 8.73. The number of likely N-dealkylation sites (tertiary alicyclic amines) is 1. The van der Waals surface area contributed by atoms with E-state index in [-0.39, 0.29) is 35.5 Å². The largest absolute Gasteiger partial charge is 0.341 e. The highest BCUT2D eigenvalue weighted by Gasteiger charge is 2.49. The van der Waals surface area contributed by atoms with E-state index >= 15 is 0 Å². The topological polar surface area (TPSA) is 78.5 Å². The van der Waals surface area contributed by atoms with Crippen molar-refractivity contribution < 1.29 is 14.4 Å². The van der Waals surface area contributed by atoms with Crippen molar-refractivity contribution in [1.29, 1.82) is 0 Å². The Labute approximate surface area is 92.4 Å². The number of carbonyl (C=O) groups excluding carboxylic acids is 3. The molecule has 0 aromatic carbocycles. The van der Waals surface area contributed by atoms with Crippen molar-refractivity contribution in [2.24, 2.45) is 17.8 Å². The van der Waals surface area contributed by atoms with Gasteiger partial charge in [-0.25, -0.2) is 0 Å². The van der Waals surface area contributed by atoms with Crippen LogP contribution in [0.15, 0.2) is 0 Å². The molecule has 3 rings (SSSR count). The van der Waals surface area contributed by atoms with Crippen LogP contribution in [0.3, 0.4) is 0 Å². The van der Waals surface area contributed by atoms with Crippen molar-refractivity contribution in [3.63, 3.8) is 0 Å². The molecule has 0 saturated carbocycles. The standard InChI is InChI=1S/C10H13N3O3/c14-8-6-3-13(4-7(6)9(15)12-8)10(16)5-1-11-2-5/h5-7,11H,1-4H2,(H,12,14,15)/t6-,7+. The predicted octanol–water partition coefficient (Wildman–Crippen LogP) is -2.06. The lowest BCUT2D eigenvalue weighted by Gasteiger charge is -2.30. The lowest BCUT2D eigenvalue weighted by Crippen LogP contribution is -2.52. The molecule has 3 aliphatic rings. The van der Waals surface area contributed by atoms with Crippen LogP contribution in [0.2, 0.25) is 0 Å². The molecule has 0 aromatic rings. The Bertz CT molecular complexity index is 356. The van der Waals surface area contributed by atoms with E-state index in [9.17, 15) is 14.4 Å². The average Bonchev–Trinajstić information content (AvgIpc) is 2.67. The van der Waals surface area contributed by atoms with Gasteiger partial charge < -0.3 is 10.2 Å². The Kier molecular flexibility index (Phi) is 2.00. The molecule has 3 fully saturated rings. The average molecular weight is 223 g/mol. The number of hydrogen-bond donors (Lipinski definition) is 2. The second-order valence-corrected chi connectivity index (χ2v) is 4.66. The van der Waals surface area contributed by atoms with E-state index in [0.29, 0.717) is 26.2 Å². The van der Waals surface area contributed by atoms with E-state index in [4.69, 9.17) is 0 Å². The Balaban J connectivity index is 1.71. The van der Waals surface area contributed by atoms with Gasteiger partial charge in [-0.3, -0.25) is 19.7 Å². The molecule has 0 radical (unpaired) electrons. The van der Waals surface area contributed by atoms with Crippen molar-refractivity contribution in [2.75, 3.05) is 26.2 Å². The molecule has 3 saturated heterocycles. The first-order chi connectivity index (χ1) is 7.66. The van der Waals surface area contributed by atoms with Crippen LogP contribution in [0.1, 0.15) is 0 Å². The summed E-state index contributed by atoms with van der Waals surface area (Å²) < 4.78 is 0. The number of carbonyl (C=O) groups is 3. The first-order valence-corrected chi connectivity index (χ1v) is 5.51. The smallest absolute Gasteiger partial charge is 0.232 e. The number of fused-ring (bicyclic) bond motifs is 1. The van der Waals surface area contributed by atoms with Crippen LogP contribution >= 0.6 is 0 Å². The van der Waals surface area contributed by atoms with Gasteiger partial charge in [0.15, 0.2) is 0 Å². The molecule has 3 aliphatic heterocycles. The summed E-state index contributed by atoms with van der Waals surface area (Å²) in [6.45, 7) is 2.23. The molecule has 0 spiro atoms. The van der Waals surface area contributed by atoms with Gasteiger partial charge in [-0.2, -0.15) is 0 Å². The number of imide groups is 1. The van der Waals surface area contributed by atoms with Crippen LogP contribution in [0, 0.1) is 17.8 Å². The molecule has 6 heteroatoms. The maximum Gasteiger partial charge on any atom is 0.232 e. The van der Waals surface area contributed by atoms with Crippen LogP contribution in [0.5, 0.6) is 0 Å². The van der Waals surface area contributed by atoms with Gasteiger partial charge in [0.05, 0.1) is 17.8 Å². The molecule has 2 atom stereocenters. The van der Waals surface area contributed by atoms with E-state index < -0.39 is 0 Å². The summed E-state index contributed by atoms with van der Waals surface area (Å²) in [6.07, 6.45) is 0. The van der Waals surface area contributed by atoms with Crippen LogP contribution < -0.4 is 10.6 Å². The molecule has 3 amide bonds. The number of hydrogen-bond acceptors (Lipinski definition) is 4. The minimum atomic E-state index is -0.315. The Morgan fingerprint density at radius 3 is 2.12 bits per heavy atom. The van der Waals surface area contributed by atoms with Crippen LogP contribution in [0.25, 0.3) is 0 Å². The quantitative estimate of drug-likeness (QED) is 0.501. The summed E-state index contributed by atoms with van der Waals surface area (Å²) in [7, 11) is 0. The highest BCUT2D eigenvalue weighted by atomic mass is 16.2. The predicted molar refractivity (Wildman–Crippen MR) is 53.1 cm³/mol. The van der Waals surface area contributed by atoms with Crippen LogP contribution in [-0.2, 0) is 14.4 Å². The van der Waals surface area contributed by atoms with Gasteiger partial charge in [0, 0.05) is 26.2 Å². The molecule has 0 bridgehead atoms. The lowest BCUT2D eigenvalue weighted by molar-refractivity contribution is -0.136. The first kappa shape index (κ1) is 9.77. The fraction of sp³-hybridized carbons (Fsp3) is 0.700. The minimum absolute atomic E-state index is 0.0389. The maximum atomic E-state index is 11.9. The Hall–Kier alpha value is -1.43. The second-order valence-electron chi connectivity index (χ2n) is 4.66. The molecule has 86 valence electrons. The van der Waals surface area contributed by atoms with E-state index in [1.807, 2.05) is 0 Å². The Morgan fingerprint density at radius 2 is 1.69 bits per heavy atom. The van der Waals surface area contributed by atoms with Crippen LogP contribution in [-0.4, -0.2) is 48.8 Å². The molecule has 2 N–H and O–H groups in total. The third-order valence-electron chi connectivity index (χ3n) is 3.68. The number of rotatable bonds is 1. The summed E-state index contributed by atoms with van der Waals surface area (Å²) in [5.41, 5.74) is 0. The van der Waals surface area contributed by atoms with E-state index in [1.54, 1.807) is 4.90 Å². The van der Waals surface area contributed by atoms with Crippen molar-refractivity contribution in [3.8, 4) is 0 Å². The highest BCUT2D eigenvalue weighted by molar-refractivity contribution is 6.06. The van der Waals surface area contributed by atoms with Gasteiger partial charge in [-0.1, -0.05) is 0 Å². The van der Waals surface area contributed by atoms with Gasteiger partial charge in [0.1, 0.15) is 0 Å². The van der Waals surface area contributed by atoms with Crippen molar-refractivity contribution >= 4 is 17.7 Å². The number of nitrogens with one attached hydrogen (secondary N) is 2. The summed E-state index contributed by atoms with van der Waals surface area (Å²) in [4.78, 5) is 36.4. The molecule has 0 aliphatic carbocycles. The third-order valence-corrected chi connectivity index (χ3v) is 3.68. The monoisotopic (exact) mass is 223 g/mol. The van der Waals surface area contributed by atoms with Gasteiger partial charge in [-0.05, 0) is 0 Å². The molecule has 6 nitrogen and oxygen atoms in total. The SMILES string of the molecule is O=C1NC(=O)[C@@H]2CN(C(=O)C3CNC3)C[C@H]12. The molecule has 3 heterocycles. The van der Waals surface area contributed by atoms with Crippen molar-refractivity contribution in [1.82, 2.24) is 15.5 Å². The maximum absolute atomic E-state index is 11.9. The van der Waals surface area contributed by atoms with E-state index in [0.717, 1.165) is 0 Å². The van der Waals surface area contributed by atoms with Gasteiger partial charge in [0.25, 0.3) is 0 Å². The van der Waals surface area contributed by atoms with Crippen LogP contribution in [0.4, 0.5) is 0 Å². The lowest BCUT2D eigenvalue weighted by atomic mass is 10.00. The summed E-state index contributed by atoms with van der Waals surface area (Å²) >= 11 is 0. The summed E-state index contributed by atoms with van der Waals surface area (Å²) in [5.74, 6) is -0.964. The molecular formula is C10H13N3O3. The molecular weight excluding hydrogens is 210 g/mol. The summed E-state index contributed by atoms with van der Waals surface area (Å²) in [5, 5.41) is 5.35. The van der Waals surface area contributed by atoms with Gasteiger partial charge in [-0.15, -0.1) is 0 Å². The first-order valence-electron chi connectivity index (χ1n) is 5.51. The molecule has 16 heavy (non-hydrogen) atoms. The zero-order chi connectivity index (χ0) is 11.3. The van der Waals surface area contributed by atoms with E-state index in [1.165, 1.54) is 0 Å². The third kappa shape index (κ3) is 1.26. The fourth-order valence-corrected chi connectivity index (χ4v) is 2.54. The summed E-state index contributed by atoms with van der Waals surface area (Å²) in [6, 6.07) is 0. The van der Waals surface area contributed by atoms with Crippen molar-refractivity contribution in [2.45, 2.75) is 0 Å². The van der Waals surface area contributed by atoms with E-state index in [2.05, 4.69) is 10.6 Å².